The first kappa shape index (κ1) is 17.8. The van der Waals surface area contributed by atoms with Crippen LogP contribution in [-0.4, -0.2) is 24.2 Å². The van der Waals surface area contributed by atoms with Crippen molar-refractivity contribution in [3.63, 3.8) is 0 Å². The molecule has 1 aromatic carbocycles. The quantitative estimate of drug-likeness (QED) is 0.853. The van der Waals surface area contributed by atoms with Crippen molar-refractivity contribution >= 4 is 18.4 Å². The monoisotopic (exact) mass is 313 g/mol. The zero-order valence-corrected chi connectivity index (χ0v) is 13.3. The summed E-state index contributed by atoms with van der Waals surface area (Å²) in [5.74, 6) is 0.785. The molecule has 0 spiro atoms. The van der Waals surface area contributed by atoms with Gasteiger partial charge in [0.05, 0.1) is 0 Å². The van der Waals surface area contributed by atoms with Crippen LogP contribution in [0.3, 0.4) is 0 Å². The molecule has 5 heteroatoms. The molecule has 1 saturated heterocycles. The van der Waals surface area contributed by atoms with Crippen molar-refractivity contribution in [2.45, 2.75) is 51.4 Å². The molecule has 0 bridgehead atoms. The first-order chi connectivity index (χ1) is 9.58. The highest BCUT2D eigenvalue weighted by atomic mass is 35.5. The molecule has 1 aliphatic heterocycles. The van der Waals surface area contributed by atoms with Crippen molar-refractivity contribution in [1.82, 2.24) is 0 Å². The molecular weight excluding hydrogens is 290 g/mol. The Morgan fingerprint density at radius 1 is 1.19 bits per heavy atom. The van der Waals surface area contributed by atoms with E-state index < -0.39 is 6.04 Å². The van der Waals surface area contributed by atoms with Crippen molar-refractivity contribution in [3.8, 4) is 5.75 Å². The lowest BCUT2D eigenvalue weighted by Crippen LogP contribution is -2.41. The lowest BCUT2D eigenvalue weighted by atomic mass is 9.94. The van der Waals surface area contributed by atoms with Crippen LogP contribution in [0.15, 0.2) is 30.3 Å². The number of esters is 1. The molecule has 0 amide bonds. The summed E-state index contributed by atoms with van der Waals surface area (Å²) in [5, 5.41) is 0. The lowest BCUT2D eigenvalue weighted by molar-refractivity contribution is -0.155. The van der Waals surface area contributed by atoms with Gasteiger partial charge in [-0.15, -0.1) is 12.4 Å². The highest BCUT2D eigenvalue weighted by molar-refractivity contribution is 5.85. The Kier molecular flexibility index (Phi) is 6.99. The Hall–Kier alpha value is -1.26. The van der Waals surface area contributed by atoms with Gasteiger partial charge in [-0.1, -0.05) is 31.5 Å². The molecule has 4 atom stereocenters. The number of hydrogen-bond acceptors (Lipinski definition) is 4. The van der Waals surface area contributed by atoms with Crippen molar-refractivity contribution < 1.29 is 14.3 Å². The van der Waals surface area contributed by atoms with Gasteiger partial charge in [0.2, 0.25) is 0 Å². The predicted octanol–water partition coefficient (Wildman–Crippen LogP) is 2.93. The van der Waals surface area contributed by atoms with Crippen molar-refractivity contribution in [2.75, 3.05) is 0 Å². The van der Waals surface area contributed by atoms with E-state index in [0.29, 0.717) is 12.3 Å². The summed E-state index contributed by atoms with van der Waals surface area (Å²) in [6.07, 6.45) is 2.12. The minimum absolute atomic E-state index is 0. The SMILES string of the molecule is C[C@@H]1OC(=O)[C@@H](N)CCC[C@H](C)[C@H]1Oc1ccccc1.Cl. The molecule has 2 rings (SSSR count). The summed E-state index contributed by atoms with van der Waals surface area (Å²) in [6, 6.07) is 9.13. The number of nitrogens with two attached hydrogens (primary N) is 1. The van der Waals surface area contributed by atoms with Crippen molar-refractivity contribution in [3.05, 3.63) is 30.3 Å². The summed E-state index contributed by atoms with van der Waals surface area (Å²) in [5.41, 5.74) is 5.81. The molecule has 1 fully saturated rings. The average Bonchev–Trinajstić information content (AvgIpc) is 2.48. The number of para-hydroxylation sites is 1. The van der Waals surface area contributed by atoms with Crippen molar-refractivity contribution in [2.24, 2.45) is 11.7 Å². The standard InChI is InChI=1S/C16H23NO3.ClH/c1-11-7-6-10-14(17)16(18)19-12(2)15(11)20-13-8-4-3-5-9-13;/h3-5,8-9,11-12,14-15H,6-7,10,17H2,1-2H3;1H/t11-,12-,14-,15+;/m0./s1. The van der Waals surface area contributed by atoms with E-state index in [2.05, 4.69) is 6.92 Å². The van der Waals surface area contributed by atoms with Crippen LogP contribution in [0.2, 0.25) is 0 Å². The van der Waals surface area contributed by atoms with Gasteiger partial charge in [-0.05, 0) is 37.8 Å². The maximum atomic E-state index is 11.8. The number of hydrogen-bond donors (Lipinski definition) is 1. The maximum absolute atomic E-state index is 11.8. The second-order valence-corrected chi connectivity index (χ2v) is 5.55. The fourth-order valence-electron chi connectivity index (χ4n) is 2.61. The van der Waals surface area contributed by atoms with Gasteiger partial charge in [0.1, 0.15) is 24.0 Å². The van der Waals surface area contributed by atoms with Crippen LogP contribution in [-0.2, 0) is 9.53 Å². The Balaban J connectivity index is 0.00000220. The van der Waals surface area contributed by atoms with E-state index in [-0.39, 0.29) is 30.6 Å². The highest BCUT2D eigenvalue weighted by Crippen LogP contribution is 2.25. The van der Waals surface area contributed by atoms with Crippen LogP contribution < -0.4 is 10.5 Å². The summed E-state index contributed by atoms with van der Waals surface area (Å²) >= 11 is 0. The van der Waals surface area contributed by atoms with E-state index in [1.165, 1.54) is 0 Å². The van der Waals surface area contributed by atoms with Crippen LogP contribution in [0.25, 0.3) is 0 Å². The van der Waals surface area contributed by atoms with E-state index in [4.69, 9.17) is 15.2 Å². The Morgan fingerprint density at radius 3 is 2.52 bits per heavy atom. The normalized spacial score (nSPS) is 30.1. The molecule has 21 heavy (non-hydrogen) atoms. The first-order valence-corrected chi connectivity index (χ1v) is 7.25. The molecule has 1 aliphatic rings. The molecule has 118 valence electrons. The average molecular weight is 314 g/mol. The smallest absolute Gasteiger partial charge is 0.323 e. The Morgan fingerprint density at radius 2 is 1.86 bits per heavy atom. The molecular formula is C16H24ClNO3. The second-order valence-electron chi connectivity index (χ2n) is 5.55. The van der Waals surface area contributed by atoms with Crippen LogP contribution in [0.5, 0.6) is 5.75 Å². The predicted molar refractivity (Wildman–Crippen MR) is 84.7 cm³/mol. The van der Waals surface area contributed by atoms with Crippen LogP contribution in [0.4, 0.5) is 0 Å². The van der Waals surface area contributed by atoms with Crippen LogP contribution >= 0.6 is 12.4 Å². The molecule has 0 aliphatic carbocycles. The highest BCUT2D eigenvalue weighted by Gasteiger charge is 2.31. The van der Waals surface area contributed by atoms with Crippen LogP contribution in [0.1, 0.15) is 33.1 Å². The maximum Gasteiger partial charge on any atom is 0.323 e. The van der Waals surface area contributed by atoms with Crippen LogP contribution in [0, 0.1) is 5.92 Å². The molecule has 0 unspecified atom stereocenters. The number of carbonyl (C=O) groups is 1. The molecule has 0 saturated carbocycles. The molecule has 0 radical (unpaired) electrons. The summed E-state index contributed by atoms with van der Waals surface area (Å²) in [7, 11) is 0. The largest absolute Gasteiger partial charge is 0.486 e. The van der Waals surface area contributed by atoms with Gasteiger partial charge in [0.25, 0.3) is 0 Å². The number of ether oxygens (including phenoxy) is 2. The zero-order valence-electron chi connectivity index (χ0n) is 12.5. The topological polar surface area (TPSA) is 61.5 Å². The van der Waals surface area contributed by atoms with Gasteiger partial charge < -0.3 is 15.2 Å². The number of benzene rings is 1. The first-order valence-electron chi connectivity index (χ1n) is 7.25. The second kappa shape index (κ2) is 8.25. The van der Waals surface area contributed by atoms with Gasteiger partial charge in [0, 0.05) is 0 Å². The number of rotatable bonds is 2. The fourth-order valence-corrected chi connectivity index (χ4v) is 2.61. The number of carbonyl (C=O) groups excluding carboxylic acids is 1. The zero-order chi connectivity index (χ0) is 14.5. The van der Waals surface area contributed by atoms with Gasteiger partial charge in [0.15, 0.2) is 0 Å². The minimum atomic E-state index is -0.514. The lowest BCUT2D eigenvalue weighted by Gasteiger charge is -2.29. The summed E-state index contributed by atoms with van der Waals surface area (Å²) in [6.45, 7) is 4.01. The van der Waals surface area contributed by atoms with Crippen molar-refractivity contribution in [1.29, 1.82) is 0 Å². The van der Waals surface area contributed by atoms with Gasteiger partial charge in [-0.2, -0.15) is 0 Å². The third-order valence-corrected chi connectivity index (χ3v) is 3.82. The molecule has 0 aromatic heterocycles. The minimum Gasteiger partial charge on any atom is -0.486 e. The summed E-state index contributed by atoms with van der Waals surface area (Å²) < 4.78 is 11.5. The third-order valence-electron chi connectivity index (χ3n) is 3.82. The van der Waals surface area contributed by atoms with E-state index in [1.807, 2.05) is 37.3 Å². The number of cyclic esters (lactones) is 1. The van der Waals surface area contributed by atoms with E-state index >= 15 is 0 Å². The third kappa shape index (κ3) is 4.90. The number of halogens is 1. The van der Waals surface area contributed by atoms with Gasteiger partial charge in [-0.25, -0.2) is 0 Å². The van der Waals surface area contributed by atoms with E-state index in [0.717, 1.165) is 18.6 Å². The molecule has 4 nitrogen and oxygen atoms in total. The van der Waals surface area contributed by atoms with E-state index in [9.17, 15) is 4.79 Å². The van der Waals surface area contributed by atoms with Gasteiger partial charge in [-0.3, -0.25) is 4.79 Å². The molecule has 1 aromatic rings. The molecule has 1 heterocycles. The Bertz CT molecular complexity index is 440. The summed E-state index contributed by atoms with van der Waals surface area (Å²) in [4.78, 5) is 11.8. The molecule has 2 N–H and O–H groups in total. The Labute approximate surface area is 132 Å². The fraction of sp³-hybridized carbons (Fsp3) is 0.562. The van der Waals surface area contributed by atoms with Gasteiger partial charge >= 0.3 is 5.97 Å². The van der Waals surface area contributed by atoms with E-state index in [1.54, 1.807) is 0 Å².